The minimum absolute atomic E-state index is 0.0246. The van der Waals surface area contributed by atoms with Crippen LogP contribution in [0.3, 0.4) is 0 Å². The van der Waals surface area contributed by atoms with Crippen LogP contribution >= 0.6 is 11.3 Å². The van der Waals surface area contributed by atoms with Crippen LogP contribution < -0.4 is 10.2 Å². The van der Waals surface area contributed by atoms with E-state index < -0.39 is 0 Å². The number of nitrogens with one attached hydrogen (secondary N) is 1. The van der Waals surface area contributed by atoms with Crippen LogP contribution in [0.25, 0.3) is 0 Å². The van der Waals surface area contributed by atoms with Crippen LogP contribution in [0.5, 0.6) is 5.75 Å². The lowest BCUT2D eigenvalue weighted by molar-refractivity contribution is -0.130. The summed E-state index contributed by atoms with van der Waals surface area (Å²) in [7, 11) is 0. The van der Waals surface area contributed by atoms with Crippen molar-refractivity contribution in [2.45, 2.75) is 13.3 Å². The number of phenols is 1. The van der Waals surface area contributed by atoms with Crippen LogP contribution in [0, 0.1) is 0 Å². The molecule has 132 valence electrons. The first-order chi connectivity index (χ1) is 12.0. The van der Waals surface area contributed by atoms with E-state index in [1.54, 1.807) is 17.5 Å². The van der Waals surface area contributed by atoms with Gasteiger partial charge in [0.2, 0.25) is 11.8 Å². The number of aromatic hydroxyl groups is 1. The molecule has 0 saturated carbocycles. The summed E-state index contributed by atoms with van der Waals surface area (Å²) in [5.74, 6) is 0.111. The molecule has 1 aliphatic heterocycles. The average Bonchev–Trinajstić information content (AvgIpc) is 3.01. The molecule has 1 aliphatic rings. The molecule has 25 heavy (non-hydrogen) atoms. The highest BCUT2D eigenvalue weighted by molar-refractivity contribution is 7.13. The number of piperazine rings is 1. The number of phenolic OH excluding ortho intramolecular Hbond substituents is 1. The van der Waals surface area contributed by atoms with Gasteiger partial charge in [0.1, 0.15) is 5.75 Å². The topological polar surface area (TPSA) is 85.8 Å². The molecular formula is C17H20N4O3S. The Morgan fingerprint density at radius 1 is 1.24 bits per heavy atom. The number of nitrogens with zero attached hydrogens (tertiary/aromatic N) is 3. The highest BCUT2D eigenvalue weighted by atomic mass is 32.1. The van der Waals surface area contributed by atoms with Gasteiger partial charge >= 0.3 is 0 Å². The third kappa shape index (κ3) is 4.27. The first kappa shape index (κ1) is 17.2. The molecule has 1 saturated heterocycles. The maximum atomic E-state index is 12.4. The number of anilines is 2. The number of para-hydroxylation sites is 2. The number of hydrogen-bond acceptors (Lipinski definition) is 6. The van der Waals surface area contributed by atoms with Gasteiger partial charge in [0.05, 0.1) is 17.8 Å². The third-order valence-electron chi connectivity index (χ3n) is 4.02. The molecule has 2 N–H and O–H groups in total. The van der Waals surface area contributed by atoms with Crippen molar-refractivity contribution in [2.24, 2.45) is 0 Å². The second-order valence-electron chi connectivity index (χ2n) is 5.86. The molecule has 1 fully saturated rings. The van der Waals surface area contributed by atoms with E-state index in [0.717, 1.165) is 5.69 Å². The quantitative estimate of drug-likeness (QED) is 0.867. The van der Waals surface area contributed by atoms with Gasteiger partial charge in [0.25, 0.3) is 0 Å². The summed E-state index contributed by atoms with van der Waals surface area (Å²) in [6.45, 7) is 4.00. The van der Waals surface area contributed by atoms with E-state index >= 15 is 0 Å². The largest absolute Gasteiger partial charge is 0.506 e. The van der Waals surface area contributed by atoms with Crippen LogP contribution in [-0.2, 0) is 16.0 Å². The monoisotopic (exact) mass is 360 g/mol. The molecule has 0 spiro atoms. The third-order valence-corrected chi connectivity index (χ3v) is 4.83. The Kier molecular flexibility index (Phi) is 5.18. The van der Waals surface area contributed by atoms with Gasteiger partial charge in [-0.1, -0.05) is 12.1 Å². The smallest absolute Gasteiger partial charge is 0.228 e. The molecule has 2 aromatic rings. The van der Waals surface area contributed by atoms with Crippen molar-refractivity contribution in [3.05, 3.63) is 35.3 Å². The Bertz CT molecular complexity index is 769. The van der Waals surface area contributed by atoms with E-state index in [1.165, 1.54) is 18.3 Å². The molecule has 1 aromatic heterocycles. The van der Waals surface area contributed by atoms with Crippen LogP contribution in [0.2, 0.25) is 0 Å². The molecule has 7 nitrogen and oxygen atoms in total. The molecule has 0 unspecified atom stereocenters. The fraction of sp³-hybridized carbons (Fsp3) is 0.353. The second kappa shape index (κ2) is 7.52. The maximum Gasteiger partial charge on any atom is 0.228 e. The fourth-order valence-electron chi connectivity index (χ4n) is 2.79. The van der Waals surface area contributed by atoms with Crippen LogP contribution in [0.1, 0.15) is 12.6 Å². The highest BCUT2D eigenvalue weighted by Crippen LogP contribution is 2.27. The number of amides is 2. The van der Waals surface area contributed by atoms with Gasteiger partial charge < -0.3 is 20.2 Å². The fourth-order valence-corrected chi connectivity index (χ4v) is 3.55. The summed E-state index contributed by atoms with van der Waals surface area (Å²) in [6, 6.07) is 7.23. The Balaban J connectivity index is 1.54. The summed E-state index contributed by atoms with van der Waals surface area (Å²) in [4.78, 5) is 31.6. The van der Waals surface area contributed by atoms with E-state index in [9.17, 15) is 14.7 Å². The van der Waals surface area contributed by atoms with Crippen LogP contribution in [-0.4, -0.2) is 53.0 Å². The van der Waals surface area contributed by atoms with Crippen LogP contribution in [0.15, 0.2) is 29.6 Å². The lowest BCUT2D eigenvalue weighted by Crippen LogP contribution is -2.49. The standard InChI is InChI=1S/C17H20N4O3S/c1-12(22)18-17-19-13(11-25-17)10-16(24)21-8-6-20(7-9-21)14-4-2-3-5-15(14)23/h2-5,11,23H,6-10H2,1H3,(H,18,19,22). The Morgan fingerprint density at radius 3 is 2.64 bits per heavy atom. The predicted molar refractivity (Wildman–Crippen MR) is 97.0 cm³/mol. The molecule has 0 bridgehead atoms. The molecule has 0 aliphatic carbocycles. The number of hydrogen-bond donors (Lipinski definition) is 2. The minimum atomic E-state index is -0.174. The number of carbonyl (C=O) groups is 2. The molecule has 2 amide bonds. The van der Waals surface area contributed by atoms with Crippen LogP contribution in [0.4, 0.5) is 10.8 Å². The normalized spacial score (nSPS) is 14.4. The van der Waals surface area contributed by atoms with Gasteiger partial charge in [0.15, 0.2) is 5.13 Å². The van der Waals surface area contributed by atoms with E-state index in [0.29, 0.717) is 37.0 Å². The molecule has 0 radical (unpaired) electrons. The first-order valence-corrected chi connectivity index (χ1v) is 8.93. The molecule has 1 aromatic carbocycles. The van der Waals surface area contributed by atoms with Gasteiger partial charge in [-0.3, -0.25) is 9.59 Å². The maximum absolute atomic E-state index is 12.4. The molecule has 8 heteroatoms. The van der Waals surface area contributed by atoms with Crippen molar-refractivity contribution < 1.29 is 14.7 Å². The zero-order valence-electron chi connectivity index (χ0n) is 13.9. The van der Waals surface area contributed by atoms with Crippen molar-refractivity contribution in [1.82, 2.24) is 9.88 Å². The van der Waals surface area contributed by atoms with E-state index in [4.69, 9.17) is 0 Å². The van der Waals surface area contributed by atoms with Gasteiger partial charge in [0, 0.05) is 38.5 Å². The number of rotatable bonds is 4. The highest BCUT2D eigenvalue weighted by Gasteiger charge is 2.23. The summed E-state index contributed by atoms with van der Waals surface area (Å²) in [5, 5.41) is 14.9. The molecule has 2 heterocycles. The summed E-state index contributed by atoms with van der Waals surface area (Å²) >= 11 is 1.32. The van der Waals surface area contributed by atoms with Crippen molar-refractivity contribution in [3.63, 3.8) is 0 Å². The number of thiazole rings is 1. The van der Waals surface area contributed by atoms with E-state index in [1.807, 2.05) is 17.0 Å². The lowest BCUT2D eigenvalue weighted by atomic mass is 10.2. The van der Waals surface area contributed by atoms with Crippen molar-refractivity contribution in [1.29, 1.82) is 0 Å². The SMILES string of the molecule is CC(=O)Nc1nc(CC(=O)N2CCN(c3ccccc3O)CC2)cs1. The van der Waals surface area contributed by atoms with E-state index in [-0.39, 0.29) is 24.0 Å². The second-order valence-corrected chi connectivity index (χ2v) is 6.72. The van der Waals surface area contributed by atoms with Gasteiger partial charge in [-0.05, 0) is 12.1 Å². The number of carbonyl (C=O) groups excluding carboxylic acids is 2. The Labute approximate surface area is 149 Å². The van der Waals surface area contributed by atoms with E-state index in [2.05, 4.69) is 15.2 Å². The Morgan fingerprint density at radius 2 is 1.96 bits per heavy atom. The van der Waals surface area contributed by atoms with Gasteiger partial charge in [-0.25, -0.2) is 4.98 Å². The molecule has 0 atom stereocenters. The number of aromatic nitrogens is 1. The average molecular weight is 360 g/mol. The summed E-state index contributed by atoms with van der Waals surface area (Å²) in [5.41, 5.74) is 1.47. The van der Waals surface area contributed by atoms with Gasteiger partial charge in [-0.2, -0.15) is 0 Å². The van der Waals surface area contributed by atoms with Gasteiger partial charge in [-0.15, -0.1) is 11.3 Å². The Hall–Kier alpha value is -2.61. The number of benzene rings is 1. The zero-order valence-corrected chi connectivity index (χ0v) is 14.8. The summed E-state index contributed by atoms with van der Waals surface area (Å²) < 4.78 is 0. The molecule has 3 rings (SSSR count). The zero-order chi connectivity index (χ0) is 17.8. The van der Waals surface area contributed by atoms with Crippen molar-refractivity contribution in [2.75, 3.05) is 36.4 Å². The minimum Gasteiger partial charge on any atom is -0.506 e. The molecular weight excluding hydrogens is 340 g/mol. The summed E-state index contributed by atoms with van der Waals surface area (Å²) in [6.07, 6.45) is 0.229. The predicted octanol–water partition coefficient (Wildman–Crippen LogP) is 1.70. The lowest BCUT2D eigenvalue weighted by Gasteiger charge is -2.36. The van der Waals surface area contributed by atoms with Crippen molar-refractivity contribution in [3.8, 4) is 5.75 Å². The first-order valence-electron chi connectivity index (χ1n) is 8.05. The van der Waals surface area contributed by atoms with Crippen molar-refractivity contribution >= 4 is 34.0 Å².